The Morgan fingerprint density at radius 1 is 0.929 bits per heavy atom. The summed E-state index contributed by atoms with van der Waals surface area (Å²) in [6.07, 6.45) is 0.341. The van der Waals surface area contributed by atoms with Crippen molar-refractivity contribution in [3.8, 4) is 0 Å². The first kappa shape index (κ1) is 21.2. The first-order valence-corrected chi connectivity index (χ1v) is 9.40. The van der Waals surface area contributed by atoms with E-state index in [4.69, 9.17) is 0 Å². The van der Waals surface area contributed by atoms with E-state index in [1.54, 1.807) is 29.2 Å². The zero-order chi connectivity index (χ0) is 20.5. The van der Waals surface area contributed by atoms with Crippen molar-refractivity contribution in [2.45, 2.75) is 20.3 Å². The number of hydrogen-bond donors (Lipinski definition) is 2. The van der Waals surface area contributed by atoms with Crippen LogP contribution in [-0.4, -0.2) is 47.4 Å². The predicted molar refractivity (Wildman–Crippen MR) is 107 cm³/mol. The van der Waals surface area contributed by atoms with Crippen molar-refractivity contribution in [2.24, 2.45) is 5.92 Å². The van der Waals surface area contributed by atoms with Crippen LogP contribution >= 0.6 is 0 Å². The number of aliphatic carboxylic acids is 1. The fraction of sp³-hybridized carbons (Fsp3) is 0.318. The first-order valence-electron chi connectivity index (χ1n) is 9.40. The normalized spacial score (nSPS) is 11.5. The fourth-order valence-corrected chi connectivity index (χ4v) is 2.92. The van der Waals surface area contributed by atoms with Crippen LogP contribution in [0.3, 0.4) is 0 Å². The maximum absolute atomic E-state index is 12.4. The molecule has 0 saturated carbocycles. The van der Waals surface area contributed by atoms with E-state index in [1.807, 2.05) is 44.2 Å². The molecule has 0 aliphatic heterocycles. The SMILES string of the molecule is CCN(CC)C(=O)c1ccc(C(=O)NCC(Cc2ccccc2)C(=O)O)cc1. The Hall–Kier alpha value is -3.15. The minimum absolute atomic E-state index is 0.0309. The van der Waals surface area contributed by atoms with Gasteiger partial charge in [-0.3, -0.25) is 14.4 Å². The highest BCUT2D eigenvalue weighted by molar-refractivity contribution is 5.97. The second kappa shape index (κ2) is 10.3. The van der Waals surface area contributed by atoms with E-state index in [2.05, 4.69) is 5.32 Å². The number of carbonyl (C=O) groups is 3. The van der Waals surface area contributed by atoms with Gasteiger partial charge in [0.25, 0.3) is 11.8 Å². The molecule has 2 N–H and O–H groups in total. The molecule has 6 heteroatoms. The Balaban J connectivity index is 1.97. The van der Waals surface area contributed by atoms with E-state index in [-0.39, 0.29) is 18.4 Å². The van der Waals surface area contributed by atoms with Gasteiger partial charge in [-0.1, -0.05) is 30.3 Å². The zero-order valence-electron chi connectivity index (χ0n) is 16.2. The van der Waals surface area contributed by atoms with Gasteiger partial charge in [-0.15, -0.1) is 0 Å². The molecule has 2 rings (SSSR count). The van der Waals surface area contributed by atoms with E-state index < -0.39 is 11.9 Å². The van der Waals surface area contributed by atoms with Gasteiger partial charge in [-0.2, -0.15) is 0 Å². The summed E-state index contributed by atoms with van der Waals surface area (Å²) < 4.78 is 0. The summed E-state index contributed by atoms with van der Waals surface area (Å²) >= 11 is 0. The number of carboxylic acids is 1. The lowest BCUT2D eigenvalue weighted by atomic mass is 9.99. The lowest BCUT2D eigenvalue weighted by Crippen LogP contribution is -2.34. The van der Waals surface area contributed by atoms with E-state index >= 15 is 0 Å². The number of hydrogen-bond acceptors (Lipinski definition) is 3. The van der Waals surface area contributed by atoms with Crippen molar-refractivity contribution >= 4 is 17.8 Å². The van der Waals surface area contributed by atoms with Crippen LogP contribution in [0.25, 0.3) is 0 Å². The zero-order valence-corrected chi connectivity index (χ0v) is 16.2. The molecule has 0 bridgehead atoms. The van der Waals surface area contributed by atoms with Gasteiger partial charge in [0.1, 0.15) is 0 Å². The Morgan fingerprint density at radius 2 is 1.50 bits per heavy atom. The number of benzene rings is 2. The number of nitrogens with zero attached hydrogens (tertiary/aromatic N) is 1. The van der Waals surface area contributed by atoms with Crippen molar-refractivity contribution in [1.82, 2.24) is 10.2 Å². The second-order valence-electron chi connectivity index (χ2n) is 6.49. The molecular weight excluding hydrogens is 356 g/mol. The van der Waals surface area contributed by atoms with Gasteiger partial charge in [0.05, 0.1) is 5.92 Å². The topological polar surface area (TPSA) is 86.7 Å². The molecule has 0 radical (unpaired) electrons. The number of rotatable bonds is 9. The third-order valence-corrected chi connectivity index (χ3v) is 4.63. The summed E-state index contributed by atoms with van der Waals surface area (Å²) in [5, 5.41) is 12.1. The standard InChI is InChI=1S/C22H26N2O4/c1-3-24(4-2)21(26)18-12-10-17(11-13-18)20(25)23-15-19(22(27)28)14-16-8-6-5-7-9-16/h5-13,19H,3-4,14-15H2,1-2H3,(H,23,25)(H,27,28). The van der Waals surface area contributed by atoms with Gasteiger partial charge < -0.3 is 15.3 Å². The lowest BCUT2D eigenvalue weighted by Gasteiger charge is -2.18. The Labute approximate surface area is 165 Å². The van der Waals surface area contributed by atoms with Crippen LogP contribution in [0.2, 0.25) is 0 Å². The van der Waals surface area contributed by atoms with E-state index in [9.17, 15) is 19.5 Å². The second-order valence-corrected chi connectivity index (χ2v) is 6.49. The molecule has 0 saturated heterocycles. The third-order valence-electron chi connectivity index (χ3n) is 4.63. The van der Waals surface area contributed by atoms with Crippen LogP contribution in [0.5, 0.6) is 0 Å². The molecule has 0 fully saturated rings. The van der Waals surface area contributed by atoms with Gasteiger partial charge in [-0.05, 0) is 50.1 Å². The molecule has 0 heterocycles. The van der Waals surface area contributed by atoms with E-state index in [0.29, 0.717) is 30.6 Å². The van der Waals surface area contributed by atoms with Gasteiger partial charge in [0.15, 0.2) is 0 Å². The Morgan fingerprint density at radius 3 is 2.04 bits per heavy atom. The summed E-state index contributed by atoms with van der Waals surface area (Å²) in [5.74, 6) is -2.11. The van der Waals surface area contributed by atoms with Gasteiger partial charge in [-0.25, -0.2) is 0 Å². The van der Waals surface area contributed by atoms with Crippen LogP contribution in [0.4, 0.5) is 0 Å². The molecule has 0 spiro atoms. The molecule has 28 heavy (non-hydrogen) atoms. The average molecular weight is 382 g/mol. The van der Waals surface area contributed by atoms with Crippen LogP contribution < -0.4 is 5.32 Å². The van der Waals surface area contributed by atoms with Crippen molar-refractivity contribution in [3.05, 3.63) is 71.3 Å². The van der Waals surface area contributed by atoms with Crippen molar-refractivity contribution in [1.29, 1.82) is 0 Å². The maximum Gasteiger partial charge on any atom is 0.308 e. The highest BCUT2D eigenvalue weighted by Gasteiger charge is 2.20. The van der Waals surface area contributed by atoms with Crippen LogP contribution in [0, 0.1) is 5.92 Å². The average Bonchev–Trinajstić information content (AvgIpc) is 2.72. The molecule has 2 aromatic carbocycles. The van der Waals surface area contributed by atoms with Crippen molar-refractivity contribution in [3.63, 3.8) is 0 Å². The number of carboxylic acid groups (broad SMARTS) is 1. The molecule has 0 aliphatic carbocycles. The number of amides is 2. The van der Waals surface area contributed by atoms with E-state index in [1.165, 1.54) is 0 Å². The summed E-state index contributed by atoms with van der Waals surface area (Å²) in [4.78, 5) is 37.9. The summed E-state index contributed by atoms with van der Waals surface area (Å²) in [7, 11) is 0. The first-order chi connectivity index (χ1) is 13.5. The molecule has 148 valence electrons. The largest absolute Gasteiger partial charge is 0.481 e. The lowest BCUT2D eigenvalue weighted by molar-refractivity contribution is -0.141. The monoisotopic (exact) mass is 382 g/mol. The molecule has 2 amide bonds. The van der Waals surface area contributed by atoms with Gasteiger partial charge >= 0.3 is 5.97 Å². The summed E-state index contributed by atoms with van der Waals surface area (Å²) in [6, 6.07) is 15.7. The smallest absolute Gasteiger partial charge is 0.308 e. The fourth-order valence-electron chi connectivity index (χ4n) is 2.92. The highest BCUT2D eigenvalue weighted by Crippen LogP contribution is 2.11. The van der Waals surface area contributed by atoms with Crippen LogP contribution in [-0.2, 0) is 11.2 Å². The van der Waals surface area contributed by atoms with Crippen molar-refractivity contribution < 1.29 is 19.5 Å². The number of nitrogens with one attached hydrogen (secondary N) is 1. The predicted octanol–water partition coefficient (Wildman–Crippen LogP) is 2.84. The molecule has 0 aliphatic rings. The molecule has 2 aromatic rings. The molecule has 1 atom stereocenters. The third kappa shape index (κ3) is 5.67. The summed E-state index contributed by atoms with van der Waals surface area (Å²) in [5.41, 5.74) is 1.82. The Kier molecular flexibility index (Phi) is 7.75. The van der Waals surface area contributed by atoms with Crippen LogP contribution in [0.1, 0.15) is 40.1 Å². The van der Waals surface area contributed by atoms with E-state index in [0.717, 1.165) is 5.56 Å². The van der Waals surface area contributed by atoms with Crippen molar-refractivity contribution in [2.75, 3.05) is 19.6 Å². The minimum atomic E-state index is -0.954. The molecule has 0 aromatic heterocycles. The molecule has 1 unspecified atom stereocenters. The molecular formula is C22H26N2O4. The van der Waals surface area contributed by atoms with Gasteiger partial charge in [0, 0.05) is 30.8 Å². The van der Waals surface area contributed by atoms with Gasteiger partial charge in [0.2, 0.25) is 0 Å². The number of carbonyl (C=O) groups excluding carboxylic acids is 2. The Bertz CT molecular complexity index is 799. The molecule has 6 nitrogen and oxygen atoms in total. The maximum atomic E-state index is 12.4. The quantitative estimate of drug-likeness (QED) is 0.698. The minimum Gasteiger partial charge on any atom is -0.481 e. The van der Waals surface area contributed by atoms with Crippen LogP contribution in [0.15, 0.2) is 54.6 Å². The summed E-state index contributed by atoms with van der Waals surface area (Å²) in [6.45, 7) is 5.10. The highest BCUT2D eigenvalue weighted by atomic mass is 16.4.